The molecule has 5 aromatic rings. The van der Waals surface area contributed by atoms with Gasteiger partial charge in [-0.05, 0) is 72.3 Å². The van der Waals surface area contributed by atoms with Crippen LogP contribution in [0.25, 0.3) is 6.08 Å². The van der Waals surface area contributed by atoms with Crippen LogP contribution in [-0.2, 0) is 15.8 Å². The Morgan fingerprint density at radius 2 is 1.39 bits per heavy atom. The van der Waals surface area contributed by atoms with Gasteiger partial charge in [0, 0.05) is 27.4 Å². The van der Waals surface area contributed by atoms with Gasteiger partial charge in [0.1, 0.15) is 10.9 Å². The summed E-state index contributed by atoms with van der Waals surface area (Å²) in [6.07, 6.45) is -3.08. The summed E-state index contributed by atoms with van der Waals surface area (Å²) < 4.78 is 50.7. The molecule has 5 rings (SSSR count). The lowest BCUT2D eigenvalue weighted by atomic mass is 10.1. The van der Waals surface area contributed by atoms with Gasteiger partial charge in [0.2, 0.25) is 5.91 Å². The Bertz CT molecular complexity index is 2020. The molecule has 3 amide bonds. The number of nitrogens with one attached hydrogen (secondary N) is 3. The molecule has 8 nitrogen and oxygen atoms in total. The highest BCUT2D eigenvalue weighted by molar-refractivity contribution is 8.00. The van der Waals surface area contributed by atoms with Crippen LogP contribution in [0.5, 0.6) is 11.5 Å². The number of carbonyl (C=O) groups is 3. The minimum atomic E-state index is -4.56. The molecule has 0 bridgehead atoms. The van der Waals surface area contributed by atoms with Gasteiger partial charge >= 0.3 is 6.18 Å². The monoisotopic (exact) mass is 711 g/mol. The van der Waals surface area contributed by atoms with Crippen molar-refractivity contribution < 1.29 is 37.0 Å². The van der Waals surface area contributed by atoms with Crippen LogP contribution < -0.4 is 25.4 Å². The van der Waals surface area contributed by atoms with Crippen molar-refractivity contribution in [1.82, 2.24) is 5.32 Å². The zero-order chi connectivity index (χ0) is 36.4. The molecule has 0 fully saturated rings. The average Bonchev–Trinajstić information content (AvgIpc) is 3.14. The molecule has 0 saturated carbocycles. The predicted octanol–water partition coefficient (Wildman–Crippen LogP) is 8.60. The maximum Gasteiger partial charge on any atom is 0.416 e. The molecule has 0 aliphatic rings. The van der Waals surface area contributed by atoms with Gasteiger partial charge in [-0.3, -0.25) is 14.4 Å². The molecule has 0 aliphatic carbocycles. The molecular weight excluding hydrogens is 680 g/mol. The second-order valence-corrected chi connectivity index (χ2v) is 12.1. The lowest BCUT2D eigenvalue weighted by Crippen LogP contribution is -2.30. The maximum atomic E-state index is 13.6. The molecule has 0 heterocycles. The number of rotatable bonds is 12. The third-order valence-electron chi connectivity index (χ3n) is 7.43. The number of thioether (sulfide) groups is 1. The van der Waals surface area contributed by atoms with Gasteiger partial charge in [-0.1, -0.05) is 66.7 Å². The fourth-order valence-electron chi connectivity index (χ4n) is 4.96. The Morgan fingerprint density at radius 1 is 0.725 bits per heavy atom. The zero-order valence-electron chi connectivity index (χ0n) is 27.4. The summed E-state index contributed by atoms with van der Waals surface area (Å²) in [5.41, 5.74) is 0.945. The number of methoxy groups -OCH3 is 2. The van der Waals surface area contributed by atoms with Gasteiger partial charge < -0.3 is 25.4 Å². The Labute approximate surface area is 296 Å². The summed E-state index contributed by atoms with van der Waals surface area (Å²) in [6.45, 7) is 0. The summed E-state index contributed by atoms with van der Waals surface area (Å²) in [5.74, 6) is -0.829. The normalized spacial score (nSPS) is 12.0. The first-order valence-corrected chi connectivity index (χ1v) is 16.3. The van der Waals surface area contributed by atoms with E-state index < -0.39 is 34.7 Å². The Kier molecular flexibility index (Phi) is 11.8. The molecule has 1 atom stereocenters. The molecule has 0 saturated heterocycles. The van der Waals surface area contributed by atoms with E-state index in [1.165, 1.54) is 44.2 Å². The number of hydrogen-bond donors (Lipinski definition) is 3. The van der Waals surface area contributed by atoms with Crippen LogP contribution in [0, 0.1) is 0 Å². The van der Waals surface area contributed by atoms with Gasteiger partial charge in [0.05, 0.1) is 19.8 Å². The third-order valence-corrected chi connectivity index (χ3v) is 8.69. The van der Waals surface area contributed by atoms with Crippen LogP contribution in [0.1, 0.15) is 32.3 Å². The van der Waals surface area contributed by atoms with E-state index in [0.29, 0.717) is 38.8 Å². The summed E-state index contributed by atoms with van der Waals surface area (Å²) in [4.78, 5) is 40.9. The molecule has 3 N–H and O–H groups in total. The Balaban J connectivity index is 1.36. The number of ether oxygens (including phenoxy) is 2. The smallest absolute Gasteiger partial charge is 0.416 e. The quantitative estimate of drug-likeness (QED) is 0.0885. The largest absolute Gasteiger partial charge is 0.493 e. The van der Waals surface area contributed by atoms with Crippen LogP contribution in [0.3, 0.4) is 0 Å². The minimum absolute atomic E-state index is 0.0178. The van der Waals surface area contributed by atoms with E-state index in [4.69, 9.17) is 9.47 Å². The fraction of sp³-hybridized carbons (Fsp3) is 0.103. The maximum absolute atomic E-state index is 13.6. The van der Waals surface area contributed by atoms with Crippen molar-refractivity contribution in [2.75, 3.05) is 24.9 Å². The van der Waals surface area contributed by atoms with Gasteiger partial charge in [0.15, 0.2) is 11.5 Å². The Hall–Kier alpha value is -6.01. The number of para-hydroxylation sites is 1. The van der Waals surface area contributed by atoms with E-state index in [-0.39, 0.29) is 11.4 Å². The standard InChI is InChI=1S/C39H32F3N3O5S/c1-49-33-18-9-15-27(34(33)50-2)23-32(45-36(46)26-13-7-4-8-14-26)37(47)43-29-19-21-31(22-20-29)51-35(25-11-5-3-6-12-25)38(48)44-30-17-10-16-28(24-30)39(40,41)42/h3-24,35H,1-2H3,(H,43,47)(H,44,48)(H,45,46)/b32-23-. The second-order valence-electron chi connectivity index (χ2n) is 10.9. The van der Waals surface area contributed by atoms with Crippen LogP contribution >= 0.6 is 11.8 Å². The van der Waals surface area contributed by atoms with E-state index in [2.05, 4.69) is 16.0 Å². The highest BCUT2D eigenvalue weighted by atomic mass is 32.2. The first-order chi connectivity index (χ1) is 24.5. The van der Waals surface area contributed by atoms with Crippen LogP contribution in [-0.4, -0.2) is 31.9 Å². The number of anilines is 2. The average molecular weight is 712 g/mol. The third kappa shape index (κ3) is 9.58. The van der Waals surface area contributed by atoms with Crippen molar-refractivity contribution in [2.24, 2.45) is 0 Å². The highest BCUT2D eigenvalue weighted by Gasteiger charge is 2.31. The van der Waals surface area contributed by atoms with Crippen molar-refractivity contribution >= 4 is 46.9 Å². The summed E-state index contributed by atoms with van der Waals surface area (Å²) >= 11 is 1.19. The van der Waals surface area contributed by atoms with Crippen molar-refractivity contribution in [2.45, 2.75) is 16.3 Å². The molecule has 0 spiro atoms. The number of halogens is 3. The lowest BCUT2D eigenvalue weighted by molar-refractivity contribution is -0.137. The minimum Gasteiger partial charge on any atom is -0.493 e. The van der Waals surface area contributed by atoms with Crippen LogP contribution in [0.2, 0.25) is 0 Å². The van der Waals surface area contributed by atoms with Gasteiger partial charge in [-0.2, -0.15) is 13.2 Å². The van der Waals surface area contributed by atoms with Crippen molar-refractivity contribution in [1.29, 1.82) is 0 Å². The Morgan fingerprint density at radius 3 is 2.04 bits per heavy atom. The molecule has 12 heteroatoms. The number of carbonyl (C=O) groups excluding carboxylic acids is 3. The van der Waals surface area contributed by atoms with E-state index in [1.54, 1.807) is 103 Å². The van der Waals surface area contributed by atoms with Gasteiger partial charge in [-0.15, -0.1) is 11.8 Å². The molecule has 0 aliphatic heterocycles. The van der Waals surface area contributed by atoms with E-state index in [1.807, 2.05) is 0 Å². The van der Waals surface area contributed by atoms with Crippen LogP contribution in [0.4, 0.5) is 24.5 Å². The molecule has 1 unspecified atom stereocenters. The molecular formula is C39H32F3N3O5S. The fourth-order valence-corrected chi connectivity index (χ4v) is 5.98. The summed E-state index contributed by atoms with van der Waals surface area (Å²) in [7, 11) is 2.96. The van der Waals surface area contributed by atoms with E-state index in [9.17, 15) is 27.6 Å². The zero-order valence-corrected chi connectivity index (χ0v) is 28.2. The first kappa shape index (κ1) is 36.3. The first-order valence-electron chi connectivity index (χ1n) is 15.5. The summed E-state index contributed by atoms with van der Waals surface area (Å²) in [6, 6.07) is 33.5. The van der Waals surface area contributed by atoms with Crippen molar-refractivity contribution in [3.05, 3.63) is 155 Å². The number of amides is 3. The number of benzene rings is 5. The molecule has 260 valence electrons. The molecule has 0 aromatic heterocycles. The van der Waals surface area contributed by atoms with Gasteiger partial charge in [-0.25, -0.2) is 0 Å². The number of hydrogen-bond acceptors (Lipinski definition) is 6. The molecule has 0 radical (unpaired) electrons. The molecule has 51 heavy (non-hydrogen) atoms. The van der Waals surface area contributed by atoms with E-state index in [0.717, 1.165) is 12.1 Å². The summed E-state index contributed by atoms with van der Waals surface area (Å²) in [5, 5.41) is 7.28. The van der Waals surface area contributed by atoms with Crippen molar-refractivity contribution in [3.8, 4) is 11.5 Å². The molecule has 5 aromatic carbocycles. The van der Waals surface area contributed by atoms with Gasteiger partial charge in [0.25, 0.3) is 11.8 Å². The van der Waals surface area contributed by atoms with Crippen LogP contribution in [0.15, 0.2) is 138 Å². The van der Waals surface area contributed by atoms with E-state index >= 15 is 0 Å². The topological polar surface area (TPSA) is 106 Å². The second kappa shape index (κ2) is 16.6. The predicted molar refractivity (Wildman–Crippen MR) is 192 cm³/mol. The lowest BCUT2D eigenvalue weighted by Gasteiger charge is -2.18. The number of alkyl halides is 3. The van der Waals surface area contributed by atoms with Crippen molar-refractivity contribution in [3.63, 3.8) is 0 Å². The highest BCUT2D eigenvalue weighted by Crippen LogP contribution is 2.38. The SMILES string of the molecule is COc1cccc(/C=C(\NC(=O)c2ccccc2)C(=O)Nc2ccc(SC(C(=O)Nc3cccc(C(F)(F)F)c3)c3ccccc3)cc2)c1OC.